The first kappa shape index (κ1) is 21.7. The summed E-state index contributed by atoms with van der Waals surface area (Å²) in [5.74, 6) is 0.371. The van der Waals surface area contributed by atoms with Crippen molar-refractivity contribution < 1.29 is 22.7 Å². The minimum atomic E-state index is -3.74. The SMILES string of the molecule is CCOCCCNC(=O)c1ccc(NS(=O)(=O)c2ccc(OC)cc2)c(C)c1. The predicted molar refractivity (Wildman–Crippen MR) is 108 cm³/mol. The van der Waals surface area contributed by atoms with Crippen LogP contribution in [0.1, 0.15) is 29.3 Å². The van der Waals surface area contributed by atoms with Crippen LogP contribution in [-0.4, -0.2) is 41.2 Å². The van der Waals surface area contributed by atoms with Crippen LogP contribution < -0.4 is 14.8 Å². The average molecular weight is 407 g/mol. The number of amides is 1. The summed E-state index contributed by atoms with van der Waals surface area (Å²) in [7, 11) is -2.22. The summed E-state index contributed by atoms with van der Waals surface area (Å²) in [6.45, 7) is 5.44. The Morgan fingerprint density at radius 1 is 1.11 bits per heavy atom. The number of sulfonamides is 1. The molecule has 0 aliphatic carbocycles. The van der Waals surface area contributed by atoms with Gasteiger partial charge in [-0.15, -0.1) is 0 Å². The fourth-order valence-corrected chi connectivity index (χ4v) is 3.63. The Kier molecular flexibility index (Phi) is 7.83. The summed E-state index contributed by atoms with van der Waals surface area (Å²) in [6, 6.07) is 11.0. The zero-order chi connectivity index (χ0) is 20.6. The Labute approximate surface area is 166 Å². The molecule has 0 saturated heterocycles. The van der Waals surface area contributed by atoms with Gasteiger partial charge in [0.2, 0.25) is 0 Å². The van der Waals surface area contributed by atoms with Crippen LogP contribution in [0.5, 0.6) is 5.75 Å². The molecule has 0 fully saturated rings. The van der Waals surface area contributed by atoms with Gasteiger partial charge in [0.15, 0.2) is 0 Å². The lowest BCUT2D eigenvalue weighted by molar-refractivity contribution is 0.0944. The average Bonchev–Trinajstić information content (AvgIpc) is 2.69. The fourth-order valence-electron chi connectivity index (χ4n) is 2.50. The molecule has 0 aromatic heterocycles. The molecule has 2 aromatic carbocycles. The first-order valence-electron chi connectivity index (χ1n) is 9.01. The molecule has 7 nitrogen and oxygen atoms in total. The maximum Gasteiger partial charge on any atom is 0.261 e. The number of carbonyl (C=O) groups excluding carboxylic acids is 1. The smallest absolute Gasteiger partial charge is 0.261 e. The molecular formula is C20H26N2O5S. The number of aryl methyl sites for hydroxylation is 1. The van der Waals surface area contributed by atoms with Crippen LogP contribution in [0.2, 0.25) is 0 Å². The third-order valence-electron chi connectivity index (χ3n) is 4.06. The maximum absolute atomic E-state index is 12.6. The summed E-state index contributed by atoms with van der Waals surface area (Å²) in [6.07, 6.45) is 0.734. The van der Waals surface area contributed by atoms with E-state index in [1.807, 2.05) is 6.92 Å². The first-order valence-corrected chi connectivity index (χ1v) is 10.5. The second kappa shape index (κ2) is 10.1. The van der Waals surface area contributed by atoms with Gasteiger partial charge in [-0.2, -0.15) is 0 Å². The quantitative estimate of drug-likeness (QED) is 0.592. The van der Waals surface area contributed by atoms with Gasteiger partial charge in [0.25, 0.3) is 15.9 Å². The standard InChI is InChI=1S/C20H26N2O5S/c1-4-27-13-5-12-21-20(23)16-6-11-19(15(2)14-16)22-28(24,25)18-9-7-17(26-3)8-10-18/h6-11,14,22H,4-5,12-13H2,1-3H3,(H,21,23). The Morgan fingerprint density at radius 2 is 1.82 bits per heavy atom. The van der Waals surface area contributed by atoms with Crippen LogP contribution in [0.3, 0.4) is 0 Å². The third kappa shape index (κ3) is 5.97. The molecule has 2 N–H and O–H groups in total. The molecule has 1 amide bonds. The molecule has 0 bridgehead atoms. The molecule has 0 radical (unpaired) electrons. The van der Waals surface area contributed by atoms with E-state index in [9.17, 15) is 13.2 Å². The van der Waals surface area contributed by atoms with Crippen molar-refractivity contribution >= 4 is 21.6 Å². The number of rotatable bonds is 10. The van der Waals surface area contributed by atoms with Crippen molar-refractivity contribution in [3.05, 3.63) is 53.6 Å². The van der Waals surface area contributed by atoms with E-state index < -0.39 is 10.0 Å². The molecule has 0 aliphatic heterocycles. The molecule has 2 rings (SSSR count). The molecule has 0 heterocycles. The van der Waals surface area contributed by atoms with Crippen LogP contribution in [-0.2, 0) is 14.8 Å². The van der Waals surface area contributed by atoms with Gasteiger partial charge in [-0.1, -0.05) is 0 Å². The van der Waals surface area contributed by atoms with Gasteiger partial charge in [0, 0.05) is 25.3 Å². The maximum atomic E-state index is 12.6. The number of benzene rings is 2. The van der Waals surface area contributed by atoms with E-state index >= 15 is 0 Å². The van der Waals surface area contributed by atoms with Gasteiger partial charge < -0.3 is 14.8 Å². The topological polar surface area (TPSA) is 93.7 Å². The van der Waals surface area contributed by atoms with Crippen molar-refractivity contribution in [1.82, 2.24) is 5.32 Å². The van der Waals surface area contributed by atoms with Gasteiger partial charge in [-0.25, -0.2) is 8.42 Å². The minimum Gasteiger partial charge on any atom is -0.497 e. The van der Waals surface area contributed by atoms with E-state index in [1.54, 1.807) is 37.3 Å². The van der Waals surface area contributed by atoms with Crippen molar-refractivity contribution in [2.24, 2.45) is 0 Å². The van der Waals surface area contributed by atoms with E-state index in [1.165, 1.54) is 19.2 Å². The van der Waals surface area contributed by atoms with Crippen LogP contribution in [0, 0.1) is 6.92 Å². The molecule has 0 atom stereocenters. The summed E-state index contributed by atoms with van der Waals surface area (Å²) in [5, 5.41) is 2.82. The molecule has 28 heavy (non-hydrogen) atoms. The lowest BCUT2D eigenvalue weighted by Gasteiger charge is -2.12. The lowest BCUT2D eigenvalue weighted by atomic mass is 10.1. The molecular weight excluding hydrogens is 380 g/mol. The molecule has 152 valence electrons. The number of ether oxygens (including phenoxy) is 2. The summed E-state index contributed by atoms with van der Waals surface area (Å²) >= 11 is 0. The number of carbonyl (C=O) groups is 1. The lowest BCUT2D eigenvalue weighted by Crippen LogP contribution is -2.25. The zero-order valence-corrected chi connectivity index (χ0v) is 17.1. The largest absolute Gasteiger partial charge is 0.497 e. The molecule has 0 unspecified atom stereocenters. The van der Waals surface area contributed by atoms with Gasteiger partial charge in [0.1, 0.15) is 5.75 Å². The predicted octanol–water partition coefficient (Wildman–Crippen LogP) is 2.96. The van der Waals surface area contributed by atoms with E-state index in [0.717, 1.165) is 6.42 Å². The highest BCUT2D eigenvalue weighted by molar-refractivity contribution is 7.92. The van der Waals surface area contributed by atoms with Gasteiger partial charge >= 0.3 is 0 Å². The first-order chi connectivity index (χ1) is 13.4. The summed E-state index contributed by atoms with van der Waals surface area (Å²) in [4.78, 5) is 12.3. The van der Waals surface area contributed by atoms with Crippen molar-refractivity contribution in [2.45, 2.75) is 25.2 Å². The van der Waals surface area contributed by atoms with Crippen LogP contribution in [0.15, 0.2) is 47.4 Å². The summed E-state index contributed by atoms with van der Waals surface area (Å²) < 4.78 is 37.9. The van der Waals surface area contributed by atoms with Crippen LogP contribution in [0.25, 0.3) is 0 Å². The van der Waals surface area contributed by atoms with Gasteiger partial charge in [-0.3, -0.25) is 9.52 Å². The van der Waals surface area contributed by atoms with Crippen molar-refractivity contribution in [1.29, 1.82) is 0 Å². The molecule has 8 heteroatoms. The number of anilines is 1. The van der Waals surface area contributed by atoms with Crippen LogP contribution >= 0.6 is 0 Å². The van der Waals surface area contributed by atoms with E-state index in [4.69, 9.17) is 9.47 Å². The second-order valence-corrected chi connectivity index (χ2v) is 7.80. The third-order valence-corrected chi connectivity index (χ3v) is 5.44. The summed E-state index contributed by atoms with van der Waals surface area (Å²) in [5.41, 5.74) is 1.55. The Bertz CT molecular complexity index is 895. The molecule has 0 spiro atoms. The molecule has 0 saturated carbocycles. The minimum absolute atomic E-state index is 0.129. The van der Waals surface area contributed by atoms with E-state index in [2.05, 4.69) is 10.0 Å². The monoisotopic (exact) mass is 406 g/mol. The van der Waals surface area contributed by atoms with E-state index in [-0.39, 0.29) is 10.8 Å². The highest BCUT2D eigenvalue weighted by Crippen LogP contribution is 2.22. The van der Waals surface area contributed by atoms with Gasteiger partial charge in [-0.05, 0) is 68.3 Å². The van der Waals surface area contributed by atoms with Crippen molar-refractivity contribution in [2.75, 3.05) is 31.6 Å². The number of nitrogens with one attached hydrogen (secondary N) is 2. The second-order valence-electron chi connectivity index (χ2n) is 6.12. The normalized spacial score (nSPS) is 11.1. The van der Waals surface area contributed by atoms with E-state index in [0.29, 0.717) is 42.3 Å². The Balaban J connectivity index is 2.03. The Hall–Kier alpha value is -2.58. The fraction of sp³-hybridized carbons (Fsp3) is 0.350. The van der Waals surface area contributed by atoms with Crippen LogP contribution in [0.4, 0.5) is 5.69 Å². The molecule has 0 aliphatic rings. The molecule has 2 aromatic rings. The van der Waals surface area contributed by atoms with Gasteiger partial charge in [0.05, 0.1) is 17.7 Å². The Morgan fingerprint density at radius 3 is 2.43 bits per heavy atom. The van der Waals surface area contributed by atoms with Crippen molar-refractivity contribution in [3.8, 4) is 5.75 Å². The van der Waals surface area contributed by atoms with Crippen molar-refractivity contribution in [3.63, 3.8) is 0 Å². The number of hydrogen-bond donors (Lipinski definition) is 2. The number of methoxy groups -OCH3 is 1. The highest BCUT2D eigenvalue weighted by atomic mass is 32.2. The highest BCUT2D eigenvalue weighted by Gasteiger charge is 2.16. The number of hydrogen-bond acceptors (Lipinski definition) is 5. The zero-order valence-electron chi connectivity index (χ0n) is 16.3.